The summed E-state index contributed by atoms with van der Waals surface area (Å²) in [4.78, 5) is 5.20. The van der Waals surface area contributed by atoms with Crippen molar-refractivity contribution >= 4 is 17.3 Å². The van der Waals surface area contributed by atoms with Gasteiger partial charge in [0.25, 0.3) is 0 Å². The Labute approximate surface area is 154 Å². The van der Waals surface area contributed by atoms with E-state index in [1.54, 1.807) is 6.92 Å². The number of aliphatic hydroxyl groups is 1. The van der Waals surface area contributed by atoms with E-state index in [1.165, 1.54) is 23.5 Å². The third-order valence-corrected chi connectivity index (χ3v) is 4.82. The number of nitrogens with zero attached hydrogens (tertiary/aromatic N) is 1. The van der Waals surface area contributed by atoms with Gasteiger partial charge in [-0.05, 0) is 43.0 Å². The summed E-state index contributed by atoms with van der Waals surface area (Å²) >= 11 is 1.47. The number of hydrogen-bond acceptors (Lipinski definition) is 3. The minimum atomic E-state index is -4.34. The smallest absolute Gasteiger partial charge is 0.383 e. The average Bonchev–Trinajstić information content (AvgIpc) is 3.12. The van der Waals surface area contributed by atoms with Crippen molar-refractivity contribution in [3.63, 3.8) is 0 Å². The first-order valence-corrected chi connectivity index (χ1v) is 9.05. The summed E-state index contributed by atoms with van der Waals surface area (Å²) in [6, 6.07) is 8.66. The number of benzene rings is 1. The minimum Gasteiger partial charge on any atom is -0.383 e. The highest BCUT2D eigenvalue weighted by Gasteiger charge is 2.29. The van der Waals surface area contributed by atoms with Gasteiger partial charge in [0.2, 0.25) is 0 Å². The maximum absolute atomic E-state index is 12.6. The fourth-order valence-corrected chi connectivity index (χ4v) is 3.03. The van der Waals surface area contributed by atoms with Gasteiger partial charge in [0.15, 0.2) is 5.96 Å². The molecule has 2 rings (SSSR count). The topological polar surface area (TPSA) is 56.7 Å². The van der Waals surface area contributed by atoms with E-state index in [9.17, 15) is 18.3 Å². The molecule has 3 N–H and O–H groups in total. The summed E-state index contributed by atoms with van der Waals surface area (Å²) in [5.74, 6) is 0.490. The Morgan fingerprint density at radius 1 is 1.15 bits per heavy atom. The normalized spacial score (nSPS) is 14.8. The van der Waals surface area contributed by atoms with E-state index in [0.29, 0.717) is 18.1 Å². The van der Waals surface area contributed by atoms with Crippen molar-refractivity contribution in [3.05, 3.63) is 57.8 Å². The third kappa shape index (κ3) is 5.74. The van der Waals surface area contributed by atoms with Crippen LogP contribution in [0.4, 0.5) is 13.2 Å². The van der Waals surface area contributed by atoms with Crippen LogP contribution in [0.2, 0.25) is 0 Å². The zero-order chi connectivity index (χ0) is 19.2. The Hall–Kier alpha value is -2.06. The van der Waals surface area contributed by atoms with Crippen LogP contribution >= 0.6 is 11.3 Å². The molecule has 0 aliphatic carbocycles. The van der Waals surface area contributed by atoms with Crippen molar-refractivity contribution in [3.8, 4) is 0 Å². The van der Waals surface area contributed by atoms with Crippen molar-refractivity contribution in [1.82, 2.24) is 10.6 Å². The molecule has 26 heavy (non-hydrogen) atoms. The number of alkyl halides is 3. The molecule has 1 heterocycles. The molecule has 0 saturated heterocycles. The van der Waals surface area contributed by atoms with E-state index in [2.05, 4.69) is 15.6 Å². The molecule has 0 amide bonds. The van der Waals surface area contributed by atoms with E-state index in [4.69, 9.17) is 0 Å². The molecule has 142 valence electrons. The summed E-state index contributed by atoms with van der Waals surface area (Å²) in [5, 5.41) is 18.6. The fraction of sp³-hybridized carbons (Fsp3) is 0.389. The van der Waals surface area contributed by atoms with Gasteiger partial charge in [-0.15, -0.1) is 11.3 Å². The van der Waals surface area contributed by atoms with Gasteiger partial charge < -0.3 is 15.7 Å². The van der Waals surface area contributed by atoms with Crippen molar-refractivity contribution in [2.75, 3.05) is 13.1 Å². The molecule has 0 aliphatic rings. The van der Waals surface area contributed by atoms with Gasteiger partial charge in [0.05, 0.1) is 18.7 Å². The molecule has 1 aromatic heterocycles. The van der Waals surface area contributed by atoms with Crippen LogP contribution in [0.5, 0.6) is 0 Å². The van der Waals surface area contributed by atoms with Crippen LogP contribution in [0, 0.1) is 0 Å². The van der Waals surface area contributed by atoms with Gasteiger partial charge in [-0.1, -0.05) is 18.2 Å². The fourth-order valence-electron chi connectivity index (χ4n) is 2.24. The van der Waals surface area contributed by atoms with Crippen LogP contribution in [-0.4, -0.2) is 24.2 Å². The van der Waals surface area contributed by atoms with Gasteiger partial charge in [-0.2, -0.15) is 13.2 Å². The molecule has 8 heteroatoms. The maximum Gasteiger partial charge on any atom is 0.416 e. The summed E-state index contributed by atoms with van der Waals surface area (Å²) in [7, 11) is 0. The molecular formula is C18H22F3N3OS. The van der Waals surface area contributed by atoms with Crippen molar-refractivity contribution in [1.29, 1.82) is 0 Å². The first-order chi connectivity index (χ1) is 12.2. The largest absolute Gasteiger partial charge is 0.416 e. The zero-order valence-electron chi connectivity index (χ0n) is 14.6. The molecule has 0 spiro atoms. The van der Waals surface area contributed by atoms with Gasteiger partial charge in [-0.25, -0.2) is 4.99 Å². The minimum absolute atomic E-state index is 0.231. The number of hydrogen-bond donors (Lipinski definition) is 3. The second-order valence-electron chi connectivity index (χ2n) is 5.99. The van der Waals surface area contributed by atoms with Crippen molar-refractivity contribution < 1.29 is 18.3 Å². The standard InChI is InChI=1S/C18H22F3N3OS/c1-3-22-16(24-12-17(2,25)15-5-4-10-26-15)23-11-13-6-8-14(9-7-13)18(19,20)21/h4-10,25H,3,11-12H2,1-2H3,(H2,22,23,24). The molecule has 0 radical (unpaired) electrons. The van der Waals surface area contributed by atoms with Crippen LogP contribution in [0.15, 0.2) is 46.8 Å². The molecule has 1 aromatic carbocycles. The van der Waals surface area contributed by atoms with Crippen molar-refractivity contribution in [2.45, 2.75) is 32.2 Å². The number of rotatable bonds is 6. The van der Waals surface area contributed by atoms with Crippen LogP contribution in [0.25, 0.3) is 0 Å². The van der Waals surface area contributed by atoms with Crippen LogP contribution < -0.4 is 10.6 Å². The molecule has 0 saturated carbocycles. The van der Waals surface area contributed by atoms with E-state index in [0.717, 1.165) is 17.0 Å². The van der Waals surface area contributed by atoms with Crippen LogP contribution in [0.3, 0.4) is 0 Å². The van der Waals surface area contributed by atoms with E-state index < -0.39 is 17.3 Å². The lowest BCUT2D eigenvalue weighted by molar-refractivity contribution is -0.137. The van der Waals surface area contributed by atoms with Gasteiger partial charge in [-0.3, -0.25) is 0 Å². The second-order valence-corrected chi connectivity index (χ2v) is 6.94. The monoisotopic (exact) mass is 385 g/mol. The number of guanidine groups is 1. The molecule has 0 aliphatic heterocycles. The lowest BCUT2D eigenvalue weighted by Crippen LogP contribution is -2.44. The molecule has 0 fully saturated rings. The van der Waals surface area contributed by atoms with E-state index in [-0.39, 0.29) is 13.1 Å². The highest BCUT2D eigenvalue weighted by molar-refractivity contribution is 7.10. The SMILES string of the molecule is CCNC(=NCc1ccc(C(F)(F)F)cc1)NCC(C)(O)c1cccs1. The van der Waals surface area contributed by atoms with Crippen LogP contribution in [0.1, 0.15) is 29.9 Å². The second kappa shape index (κ2) is 8.55. The Kier molecular flexibility index (Phi) is 6.66. The highest BCUT2D eigenvalue weighted by atomic mass is 32.1. The number of aliphatic imine (C=N–C) groups is 1. The third-order valence-electron chi connectivity index (χ3n) is 3.70. The Balaban J connectivity index is 2.00. The lowest BCUT2D eigenvalue weighted by Gasteiger charge is -2.23. The quantitative estimate of drug-likeness (QED) is 0.525. The Bertz CT molecular complexity index is 710. The number of nitrogens with one attached hydrogen (secondary N) is 2. The summed E-state index contributed by atoms with van der Waals surface area (Å²) in [5.41, 5.74) is -1.05. The predicted octanol–water partition coefficient (Wildman–Crippen LogP) is 3.73. The maximum atomic E-state index is 12.6. The van der Waals surface area contributed by atoms with Crippen LogP contribution in [-0.2, 0) is 18.3 Å². The summed E-state index contributed by atoms with van der Waals surface area (Å²) in [6.07, 6.45) is -4.34. The number of thiophene rings is 1. The average molecular weight is 385 g/mol. The van der Waals surface area contributed by atoms with Gasteiger partial charge in [0.1, 0.15) is 5.60 Å². The van der Waals surface area contributed by atoms with Gasteiger partial charge in [0, 0.05) is 11.4 Å². The predicted molar refractivity (Wildman–Crippen MR) is 98.2 cm³/mol. The first kappa shape index (κ1) is 20.3. The summed E-state index contributed by atoms with van der Waals surface area (Å²) in [6.45, 7) is 4.74. The molecule has 4 nitrogen and oxygen atoms in total. The Morgan fingerprint density at radius 2 is 1.85 bits per heavy atom. The Morgan fingerprint density at radius 3 is 2.38 bits per heavy atom. The van der Waals surface area contributed by atoms with E-state index >= 15 is 0 Å². The zero-order valence-corrected chi connectivity index (χ0v) is 15.4. The van der Waals surface area contributed by atoms with E-state index in [1.807, 2.05) is 24.4 Å². The lowest BCUT2D eigenvalue weighted by atomic mass is 10.1. The summed E-state index contributed by atoms with van der Waals surface area (Å²) < 4.78 is 37.8. The number of halogens is 3. The molecular weight excluding hydrogens is 363 g/mol. The first-order valence-electron chi connectivity index (χ1n) is 8.17. The molecule has 1 unspecified atom stereocenters. The molecule has 1 atom stereocenters. The highest BCUT2D eigenvalue weighted by Crippen LogP contribution is 2.29. The van der Waals surface area contributed by atoms with Gasteiger partial charge >= 0.3 is 6.18 Å². The molecule has 2 aromatic rings. The molecule has 0 bridgehead atoms. The van der Waals surface area contributed by atoms with Crippen molar-refractivity contribution in [2.24, 2.45) is 4.99 Å².